The normalized spacial score (nSPS) is 10.6. The molecular weight excluding hydrogens is 344 g/mol. The van der Waals surface area contributed by atoms with Crippen LogP contribution in [-0.2, 0) is 22.6 Å². The maximum Gasteiger partial charge on any atom is 0.226 e. The Morgan fingerprint density at radius 1 is 1.04 bits per heavy atom. The molecule has 3 rings (SSSR count). The van der Waals surface area contributed by atoms with Crippen molar-refractivity contribution < 1.29 is 9.59 Å². The number of likely N-dealkylation sites (N-methyl/N-ethyl adjacent to an activating group) is 1. The van der Waals surface area contributed by atoms with Gasteiger partial charge in [0.25, 0.3) is 0 Å². The van der Waals surface area contributed by atoms with E-state index in [-0.39, 0.29) is 23.7 Å². The van der Waals surface area contributed by atoms with E-state index in [4.69, 9.17) is 0 Å². The van der Waals surface area contributed by atoms with Crippen molar-refractivity contribution in [3.05, 3.63) is 70.5 Å². The van der Waals surface area contributed by atoms with Crippen LogP contribution in [0.15, 0.2) is 59.5 Å². The van der Waals surface area contributed by atoms with Crippen LogP contribution >= 0.6 is 0 Å². The summed E-state index contributed by atoms with van der Waals surface area (Å²) in [5.74, 6) is -0.216. The number of amides is 2. The van der Waals surface area contributed by atoms with E-state index in [0.29, 0.717) is 29.6 Å². The van der Waals surface area contributed by atoms with Gasteiger partial charge in [0.1, 0.15) is 0 Å². The van der Waals surface area contributed by atoms with Gasteiger partial charge in [-0.3, -0.25) is 19.1 Å². The van der Waals surface area contributed by atoms with E-state index >= 15 is 0 Å². The molecule has 2 N–H and O–H groups in total. The third-order valence-corrected chi connectivity index (χ3v) is 4.19. The van der Waals surface area contributed by atoms with Crippen LogP contribution in [0.1, 0.15) is 12.0 Å². The monoisotopic (exact) mass is 364 g/mol. The van der Waals surface area contributed by atoms with Gasteiger partial charge in [-0.05, 0) is 29.8 Å². The Kier molecular flexibility index (Phi) is 5.61. The number of para-hydroxylation sites is 1. The number of hydrogen-bond acceptors (Lipinski definition) is 4. The quantitative estimate of drug-likeness (QED) is 0.696. The minimum absolute atomic E-state index is 0.0624. The van der Waals surface area contributed by atoms with Crippen LogP contribution in [0, 0.1) is 0 Å². The second-order valence-corrected chi connectivity index (χ2v) is 6.09. The summed E-state index contributed by atoms with van der Waals surface area (Å²) in [6.07, 6.45) is 1.79. The van der Waals surface area contributed by atoms with Gasteiger partial charge in [-0.25, -0.2) is 0 Å². The van der Waals surface area contributed by atoms with Gasteiger partial charge in [0.2, 0.25) is 17.2 Å². The lowest BCUT2D eigenvalue weighted by molar-refractivity contribution is -0.120. The second-order valence-electron chi connectivity index (χ2n) is 6.09. The van der Waals surface area contributed by atoms with Gasteiger partial charge in [0.05, 0.1) is 24.7 Å². The van der Waals surface area contributed by atoms with Crippen LogP contribution in [0.5, 0.6) is 0 Å². The molecule has 0 aliphatic carbocycles. The molecule has 7 heteroatoms. The zero-order valence-electron chi connectivity index (χ0n) is 14.9. The van der Waals surface area contributed by atoms with Crippen molar-refractivity contribution >= 4 is 28.4 Å². The highest BCUT2D eigenvalue weighted by atomic mass is 16.2. The van der Waals surface area contributed by atoms with Crippen molar-refractivity contribution in [1.29, 1.82) is 0 Å². The SMILES string of the molecule is CNC(=O)Cc1ccc(NC(=O)CCn2ncc(=O)c3ccccc32)cc1. The molecular formula is C20H20N4O3. The molecule has 1 heterocycles. The lowest BCUT2D eigenvalue weighted by atomic mass is 10.1. The molecule has 0 fully saturated rings. The van der Waals surface area contributed by atoms with Crippen LogP contribution in [0.3, 0.4) is 0 Å². The van der Waals surface area contributed by atoms with E-state index in [1.165, 1.54) is 6.20 Å². The Labute approximate surface area is 156 Å². The minimum Gasteiger partial charge on any atom is -0.359 e. The van der Waals surface area contributed by atoms with E-state index in [0.717, 1.165) is 5.56 Å². The number of aromatic nitrogens is 2. The van der Waals surface area contributed by atoms with Crippen molar-refractivity contribution in [2.75, 3.05) is 12.4 Å². The summed E-state index contributed by atoms with van der Waals surface area (Å²) in [5, 5.41) is 10.1. The van der Waals surface area contributed by atoms with Crippen molar-refractivity contribution in [1.82, 2.24) is 15.1 Å². The predicted octanol–water partition coefficient (Wildman–Crippen LogP) is 1.71. The first kappa shape index (κ1) is 18.3. The number of aryl methyl sites for hydroxylation is 1. The van der Waals surface area contributed by atoms with Crippen LogP contribution in [0.25, 0.3) is 10.9 Å². The van der Waals surface area contributed by atoms with E-state index < -0.39 is 0 Å². The molecule has 0 saturated carbocycles. The Hall–Kier alpha value is -3.48. The Morgan fingerprint density at radius 2 is 1.78 bits per heavy atom. The van der Waals surface area contributed by atoms with Crippen LogP contribution in [0.2, 0.25) is 0 Å². The highest BCUT2D eigenvalue weighted by molar-refractivity contribution is 5.90. The van der Waals surface area contributed by atoms with Crippen LogP contribution in [0.4, 0.5) is 5.69 Å². The fourth-order valence-electron chi connectivity index (χ4n) is 2.75. The maximum atomic E-state index is 12.2. The molecule has 0 aliphatic rings. The zero-order chi connectivity index (χ0) is 19.2. The molecule has 0 unspecified atom stereocenters. The Bertz CT molecular complexity index is 1030. The van der Waals surface area contributed by atoms with Crippen molar-refractivity contribution in [3.8, 4) is 0 Å². The Morgan fingerprint density at radius 3 is 2.52 bits per heavy atom. The number of nitrogens with zero attached hydrogens (tertiary/aromatic N) is 2. The average molecular weight is 364 g/mol. The number of carbonyl (C=O) groups excluding carboxylic acids is 2. The lowest BCUT2D eigenvalue weighted by Crippen LogP contribution is -2.20. The molecule has 0 bridgehead atoms. The molecule has 3 aromatic rings. The highest BCUT2D eigenvalue weighted by Gasteiger charge is 2.07. The van der Waals surface area contributed by atoms with Gasteiger partial charge in [0, 0.05) is 24.5 Å². The highest BCUT2D eigenvalue weighted by Crippen LogP contribution is 2.12. The molecule has 138 valence electrons. The van der Waals surface area contributed by atoms with E-state index in [1.807, 2.05) is 24.3 Å². The maximum absolute atomic E-state index is 12.2. The molecule has 1 aromatic heterocycles. The minimum atomic E-state index is -0.154. The van der Waals surface area contributed by atoms with E-state index in [2.05, 4.69) is 15.7 Å². The molecule has 0 saturated heterocycles. The second kappa shape index (κ2) is 8.27. The summed E-state index contributed by atoms with van der Waals surface area (Å²) in [4.78, 5) is 35.4. The van der Waals surface area contributed by atoms with Gasteiger partial charge in [0.15, 0.2) is 0 Å². The molecule has 0 aliphatic heterocycles. The number of anilines is 1. The van der Waals surface area contributed by atoms with E-state index in [9.17, 15) is 14.4 Å². The molecule has 0 radical (unpaired) electrons. The summed E-state index contributed by atoms with van der Waals surface area (Å²) in [6.45, 7) is 0.362. The van der Waals surface area contributed by atoms with Gasteiger partial charge in [-0.15, -0.1) is 0 Å². The zero-order valence-corrected chi connectivity index (χ0v) is 14.9. The largest absolute Gasteiger partial charge is 0.359 e. The number of fused-ring (bicyclic) bond motifs is 1. The number of nitrogens with one attached hydrogen (secondary N) is 2. The van der Waals surface area contributed by atoms with Crippen LogP contribution in [-0.4, -0.2) is 28.6 Å². The first-order valence-electron chi connectivity index (χ1n) is 8.61. The molecule has 2 aromatic carbocycles. The Balaban J connectivity index is 1.61. The molecule has 7 nitrogen and oxygen atoms in total. The third-order valence-electron chi connectivity index (χ3n) is 4.19. The van der Waals surface area contributed by atoms with Gasteiger partial charge >= 0.3 is 0 Å². The van der Waals surface area contributed by atoms with Crippen molar-refractivity contribution in [2.45, 2.75) is 19.4 Å². The molecule has 2 amide bonds. The fraction of sp³-hybridized carbons (Fsp3) is 0.200. The summed E-state index contributed by atoms with van der Waals surface area (Å²) in [5.41, 5.74) is 2.11. The van der Waals surface area contributed by atoms with Gasteiger partial charge in [-0.2, -0.15) is 5.10 Å². The number of carbonyl (C=O) groups is 2. The number of benzene rings is 2. The number of hydrogen-bond donors (Lipinski definition) is 2. The van der Waals surface area contributed by atoms with Crippen molar-refractivity contribution in [3.63, 3.8) is 0 Å². The third kappa shape index (κ3) is 4.58. The first-order valence-corrected chi connectivity index (χ1v) is 8.61. The topological polar surface area (TPSA) is 93.1 Å². The molecule has 27 heavy (non-hydrogen) atoms. The van der Waals surface area contributed by atoms with Crippen molar-refractivity contribution in [2.24, 2.45) is 0 Å². The summed E-state index contributed by atoms with van der Waals surface area (Å²) >= 11 is 0. The summed E-state index contributed by atoms with van der Waals surface area (Å²) < 4.78 is 1.66. The molecule has 0 atom stereocenters. The summed E-state index contributed by atoms with van der Waals surface area (Å²) in [6, 6.07) is 14.3. The standard InChI is InChI=1S/C20H20N4O3/c1-21-20(27)12-14-6-8-15(9-7-14)23-19(26)10-11-24-17-5-3-2-4-16(17)18(25)13-22-24/h2-9,13H,10-12H2,1H3,(H,21,27)(H,23,26). The first-order chi connectivity index (χ1) is 13.1. The predicted molar refractivity (Wildman–Crippen MR) is 103 cm³/mol. The van der Waals surface area contributed by atoms with E-state index in [1.54, 1.807) is 36.0 Å². The number of rotatable bonds is 6. The fourth-order valence-corrected chi connectivity index (χ4v) is 2.75. The smallest absolute Gasteiger partial charge is 0.226 e. The average Bonchev–Trinajstić information content (AvgIpc) is 2.69. The van der Waals surface area contributed by atoms with Crippen LogP contribution < -0.4 is 16.1 Å². The lowest BCUT2D eigenvalue weighted by Gasteiger charge is -2.10. The molecule has 0 spiro atoms. The van der Waals surface area contributed by atoms with Gasteiger partial charge in [-0.1, -0.05) is 24.3 Å². The van der Waals surface area contributed by atoms with Gasteiger partial charge < -0.3 is 10.6 Å². The summed E-state index contributed by atoms with van der Waals surface area (Å²) in [7, 11) is 1.59.